The quantitative estimate of drug-likeness (QED) is 0.671. The molecule has 2 heterocycles. The molecule has 3 heteroatoms. The number of fused-ring (bicyclic) bond motifs is 5. The summed E-state index contributed by atoms with van der Waals surface area (Å²) in [5, 5.41) is 14.6. The summed E-state index contributed by atoms with van der Waals surface area (Å²) in [6.07, 6.45) is 3.89. The van der Waals surface area contributed by atoms with Crippen molar-refractivity contribution < 1.29 is 0 Å². The fourth-order valence-corrected chi connectivity index (χ4v) is 6.88. The van der Waals surface area contributed by atoms with Crippen LogP contribution in [0.15, 0.2) is 57.4 Å². The van der Waals surface area contributed by atoms with Crippen molar-refractivity contribution in [3.63, 3.8) is 0 Å². The molecule has 0 unspecified atom stereocenters. The lowest BCUT2D eigenvalue weighted by molar-refractivity contribution is 0.141. The summed E-state index contributed by atoms with van der Waals surface area (Å²) in [5.74, 6) is 1.25. The molecular weight excluding hydrogens is 300 g/mol. The van der Waals surface area contributed by atoms with Gasteiger partial charge in [0, 0.05) is 5.41 Å². The van der Waals surface area contributed by atoms with Crippen molar-refractivity contribution in [1.82, 2.24) is 0 Å². The molecule has 1 aromatic heterocycles. The molecule has 2 aliphatic carbocycles. The number of benzene rings is 1. The normalized spacial score (nSPS) is 39.7. The van der Waals surface area contributed by atoms with Gasteiger partial charge in [0.05, 0.1) is 0 Å². The highest BCUT2D eigenvalue weighted by Crippen LogP contribution is 2.77. The molecule has 3 aliphatic rings. The van der Waals surface area contributed by atoms with E-state index in [1.54, 1.807) is 11.3 Å². The van der Waals surface area contributed by atoms with Crippen molar-refractivity contribution in [2.45, 2.75) is 44.2 Å². The zero-order valence-electron chi connectivity index (χ0n) is 13.7. The summed E-state index contributed by atoms with van der Waals surface area (Å²) in [4.78, 5) is 0. The molecular formula is C20H22N2S. The van der Waals surface area contributed by atoms with Gasteiger partial charge in [-0.25, -0.2) is 0 Å². The fourth-order valence-electron chi connectivity index (χ4n) is 6.17. The summed E-state index contributed by atoms with van der Waals surface area (Å²) in [6.45, 7) is 4.83. The van der Waals surface area contributed by atoms with Crippen LogP contribution in [-0.2, 0) is 11.1 Å². The maximum Gasteiger partial charge on any atom is 0.118 e. The Bertz CT molecular complexity index is 764. The first-order valence-electron chi connectivity index (χ1n) is 8.67. The average molecular weight is 322 g/mol. The topological polar surface area (TPSA) is 24.7 Å². The second-order valence-corrected chi connectivity index (χ2v) is 8.66. The summed E-state index contributed by atoms with van der Waals surface area (Å²) in [5.41, 5.74) is 2.48. The predicted molar refractivity (Wildman–Crippen MR) is 93.6 cm³/mol. The number of hydrogen-bond donors (Lipinski definition) is 0. The molecule has 2 bridgehead atoms. The van der Waals surface area contributed by atoms with Gasteiger partial charge >= 0.3 is 0 Å². The van der Waals surface area contributed by atoms with Crippen molar-refractivity contribution >= 4 is 11.3 Å². The molecule has 2 aromatic rings. The number of rotatable bonds is 2. The van der Waals surface area contributed by atoms with Gasteiger partial charge in [0.2, 0.25) is 0 Å². The molecule has 0 spiro atoms. The van der Waals surface area contributed by atoms with Crippen LogP contribution in [0.4, 0.5) is 0 Å². The minimum absolute atomic E-state index is 0.0121. The van der Waals surface area contributed by atoms with Crippen molar-refractivity contribution in [3.05, 3.63) is 58.3 Å². The van der Waals surface area contributed by atoms with Crippen LogP contribution in [0, 0.1) is 17.3 Å². The SMILES string of the molecule is CC1(C)[C@]2(c3ccsc3)N=N[C@@]1(c1ccccc1)[C@H]1CCC[C@H]12. The van der Waals surface area contributed by atoms with Crippen LogP contribution < -0.4 is 0 Å². The van der Waals surface area contributed by atoms with Gasteiger partial charge in [0.15, 0.2) is 0 Å². The zero-order valence-corrected chi connectivity index (χ0v) is 14.5. The smallest absolute Gasteiger partial charge is 0.118 e. The third kappa shape index (κ3) is 1.34. The second kappa shape index (κ2) is 4.32. The van der Waals surface area contributed by atoms with E-state index in [-0.39, 0.29) is 16.5 Å². The summed E-state index contributed by atoms with van der Waals surface area (Å²) in [6, 6.07) is 13.2. The van der Waals surface area contributed by atoms with Crippen molar-refractivity contribution in [3.8, 4) is 0 Å². The van der Waals surface area contributed by atoms with Gasteiger partial charge in [-0.15, -0.1) is 0 Å². The summed E-state index contributed by atoms with van der Waals surface area (Å²) >= 11 is 1.79. The third-order valence-corrected chi connectivity index (χ3v) is 7.72. The Morgan fingerprint density at radius 1 is 0.913 bits per heavy atom. The van der Waals surface area contributed by atoms with Gasteiger partial charge < -0.3 is 0 Å². The second-order valence-electron chi connectivity index (χ2n) is 7.88. The lowest BCUT2D eigenvalue weighted by atomic mass is 9.61. The molecule has 0 radical (unpaired) electrons. The summed E-state index contributed by atoms with van der Waals surface area (Å²) in [7, 11) is 0. The van der Waals surface area contributed by atoms with E-state index in [1.807, 2.05) is 0 Å². The minimum atomic E-state index is -0.155. The van der Waals surface area contributed by atoms with Crippen molar-refractivity contribution in [1.29, 1.82) is 0 Å². The molecule has 5 rings (SSSR count). The molecule has 0 amide bonds. The standard InChI is InChI=1S/C20H22N2S/c1-18(2)19(14-7-4-3-5-8-14)16-9-6-10-17(16)20(18,22-21-19)15-11-12-23-13-15/h3-5,7-8,11-13,16-17H,6,9-10H2,1-2H3/t16-,17+,19-,20+/m0/s1. The zero-order chi connectivity index (χ0) is 15.7. The monoisotopic (exact) mass is 322 g/mol. The van der Waals surface area contributed by atoms with Crippen LogP contribution in [0.1, 0.15) is 44.2 Å². The van der Waals surface area contributed by atoms with Gasteiger partial charge in [-0.1, -0.05) is 50.6 Å². The van der Waals surface area contributed by atoms with Crippen LogP contribution in [0.5, 0.6) is 0 Å². The third-order valence-electron chi connectivity index (χ3n) is 7.04. The van der Waals surface area contributed by atoms with E-state index in [2.05, 4.69) is 61.0 Å². The van der Waals surface area contributed by atoms with E-state index in [0.29, 0.717) is 11.8 Å². The van der Waals surface area contributed by atoms with Crippen LogP contribution >= 0.6 is 11.3 Å². The van der Waals surface area contributed by atoms with Crippen molar-refractivity contribution in [2.24, 2.45) is 27.5 Å². The number of hydrogen-bond acceptors (Lipinski definition) is 3. The first kappa shape index (κ1) is 13.9. The number of thiophene rings is 1. The Morgan fingerprint density at radius 2 is 1.57 bits per heavy atom. The Kier molecular flexibility index (Phi) is 2.62. The average Bonchev–Trinajstić information content (AvgIpc) is 3.30. The predicted octanol–water partition coefficient (Wildman–Crippen LogP) is 5.76. The first-order valence-corrected chi connectivity index (χ1v) is 9.61. The maximum absolute atomic E-state index is 5.06. The Labute approximate surface area is 141 Å². The van der Waals surface area contributed by atoms with E-state index < -0.39 is 0 Å². The lowest BCUT2D eigenvalue weighted by Gasteiger charge is -2.41. The van der Waals surface area contributed by atoms with E-state index in [4.69, 9.17) is 10.2 Å². The highest BCUT2D eigenvalue weighted by molar-refractivity contribution is 7.08. The van der Waals surface area contributed by atoms with Gasteiger partial charge in [0.25, 0.3) is 0 Å². The van der Waals surface area contributed by atoms with Crippen LogP contribution in [0.3, 0.4) is 0 Å². The van der Waals surface area contributed by atoms with Gasteiger partial charge in [-0.05, 0) is 52.6 Å². The molecule has 2 fully saturated rings. The minimum Gasteiger partial charge on any atom is -0.181 e. The molecule has 1 aromatic carbocycles. The van der Waals surface area contributed by atoms with Gasteiger partial charge in [0.1, 0.15) is 11.1 Å². The summed E-state index contributed by atoms with van der Waals surface area (Å²) < 4.78 is 0. The fraction of sp³-hybridized carbons (Fsp3) is 0.500. The van der Waals surface area contributed by atoms with E-state index in [9.17, 15) is 0 Å². The molecule has 1 aliphatic heterocycles. The lowest BCUT2D eigenvalue weighted by Crippen LogP contribution is -2.44. The van der Waals surface area contributed by atoms with Gasteiger partial charge in [-0.2, -0.15) is 21.6 Å². The van der Waals surface area contributed by atoms with Crippen molar-refractivity contribution in [2.75, 3.05) is 0 Å². The number of azo groups is 1. The maximum atomic E-state index is 5.06. The molecule has 0 N–H and O–H groups in total. The largest absolute Gasteiger partial charge is 0.181 e. The van der Waals surface area contributed by atoms with E-state index >= 15 is 0 Å². The van der Waals surface area contributed by atoms with Crippen LogP contribution in [0.2, 0.25) is 0 Å². The molecule has 4 atom stereocenters. The van der Waals surface area contributed by atoms with Gasteiger partial charge in [-0.3, -0.25) is 0 Å². The molecule has 0 saturated heterocycles. The molecule has 23 heavy (non-hydrogen) atoms. The highest BCUT2D eigenvalue weighted by atomic mass is 32.1. The molecule has 118 valence electrons. The van der Waals surface area contributed by atoms with Crippen LogP contribution in [0.25, 0.3) is 0 Å². The van der Waals surface area contributed by atoms with E-state index in [0.717, 1.165) is 0 Å². The van der Waals surface area contributed by atoms with Crippen LogP contribution in [-0.4, -0.2) is 0 Å². The Morgan fingerprint density at radius 3 is 2.17 bits per heavy atom. The molecule has 2 saturated carbocycles. The first-order chi connectivity index (χ1) is 11.1. The Hall–Kier alpha value is -1.48. The number of nitrogens with zero attached hydrogens (tertiary/aromatic N) is 2. The molecule has 2 nitrogen and oxygen atoms in total. The Balaban J connectivity index is 1.81. The highest BCUT2D eigenvalue weighted by Gasteiger charge is 2.78. The van der Waals surface area contributed by atoms with E-state index in [1.165, 1.54) is 30.4 Å².